The molecule has 0 saturated heterocycles. The molecule has 2 rings (SSSR count). The number of benzene rings is 2. The molecule has 2 aromatic carbocycles. The predicted molar refractivity (Wildman–Crippen MR) is 120 cm³/mol. The number of aryl methyl sites for hydroxylation is 1. The molecule has 1 amide bonds. The molecule has 0 heterocycles. The standard InChI is InChI=1S/C21H24Br2N2O3/c1-13-8-15(21(2,3)4)6-7-18(13)28-12-19(26)25-24-11-14-9-16(22)10-17(23)20(14)27-5/h6-11H,12H2,1-5H3,(H,25,26). The van der Waals surface area contributed by atoms with Crippen molar-refractivity contribution in [3.05, 3.63) is 56.0 Å². The summed E-state index contributed by atoms with van der Waals surface area (Å²) in [6, 6.07) is 9.72. The Morgan fingerprint density at radius 3 is 2.54 bits per heavy atom. The minimum Gasteiger partial charge on any atom is -0.495 e. The number of nitrogens with one attached hydrogen (secondary N) is 1. The SMILES string of the molecule is COc1c(Br)cc(Br)cc1C=NNC(=O)COc1ccc(C(C)(C)C)cc1C. The van der Waals surface area contributed by atoms with Crippen molar-refractivity contribution in [2.75, 3.05) is 13.7 Å². The number of hydrazone groups is 1. The van der Waals surface area contributed by atoms with Crippen LogP contribution in [0.15, 0.2) is 44.4 Å². The monoisotopic (exact) mass is 510 g/mol. The molecule has 0 aliphatic carbocycles. The van der Waals surface area contributed by atoms with Crippen molar-refractivity contribution in [2.24, 2.45) is 5.10 Å². The summed E-state index contributed by atoms with van der Waals surface area (Å²) in [4.78, 5) is 12.0. The van der Waals surface area contributed by atoms with E-state index >= 15 is 0 Å². The largest absolute Gasteiger partial charge is 0.495 e. The summed E-state index contributed by atoms with van der Waals surface area (Å²) in [7, 11) is 1.57. The van der Waals surface area contributed by atoms with Crippen LogP contribution in [-0.4, -0.2) is 25.8 Å². The van der Waals surface area contributed by atoms with Gasteiger partial charge in [0.1, 0.15) is 11.5 Å². The number of amides is 1. The van der Waals surface area contributed by atoms with Crippen LogP contribution in [0.2, 0.25) is 0 Å². The van der Waals surface area contributed by atoms with Gasteiger partial charge in [-0.1, -0.05) is 48.8 Å². The summed E-state index contributed by atoms with van der Waals surface area (Å²) < 4.78 is 12.6. The highest BCUT2D eigenvalue weighted by atomic mass is 79.9. The van der Waals surface area contributed by atoms with Gasteiger partial charge in [-0.3, -0.25) is 4.79 Å². The molecule has 1 N–H and O–H groups in total. The molecule has 0 aromatic heterocycles. The molecule has 0 saturated carbocycles. The van der Waals surface area contributed by atoms with Crippen LogP contribution in [0.5, 0.6) is 11.5 Å². The summed E-state index contributed by atoms with van der Waals surface area (Å²) in [5.41, 5.74) is 5.47. The van der Waals surface area contributed by atoms with E-state index in [1.807, 2.05) is 31.2 Å². The zero-order chi connectivity index (χ0) is 20.9. The van der Waals surface area contributed by atoms with Gasteiger partial charge >= 0.3 is 0 Å². The first-order valence-electron chi connectivity index (χ1n) is 8.70. The van der Waals surface area contributed by atoms with Crippen LogP contribution in [0, 0.1) is 6.92 Å². The highest BCUT2D eigenvalue weighted by Crippen LogP contribution is 2.31. The van der Waals surface area contributed by atoms with Gasteiger partial charge in [0.2, 0.25) is 0 Å². The smallest absolute Gasteiger partial charge is 0.277 e. The molecule has 150 valence electrons. The predicted octanol–water partition coefficient (Wildman–Crippen LogP) is 5.36. The van der Waals surface area contributed by atoms with Gasteiger partial charge in [0.15, 0.2) is 6.61 Å². The van der Waals surface area contributed by atoms with Gasteiger partial charge < -0.3 is 9.47 Å². The van der Waals surface area contributed by atoms with Crippen LogP contribution in [0.1, 0.15) is 37.5 Å². The first-order chi connectivity index (χ1) is 13.1. The van der Waals surface area contributed by atoms with E-state index in [1.54, 1.807) is 7.11 Å². The van der Waals surface area contributed by atoms with Crippen LogP contribution in [0.3, 0.4) is 0 Å². The van der Waals surface area contributed by atoms with Crippen LogP contribution >= 0.6 is 31.9 Å². The average molecular weight is 512 g/mol. The van der Waals surface area contributed by atoms with Gasteiger partial charge in [-0.2, -0.15) is 5.10 Å². The molecule has 28 heavy (non-hydrogen) atoms. The number of carbonyl (C=O) groups excluding carboxylic acids is 1. The second-order valence-corrected chi connectivity index (χ2v) is 9.09. The van der Waals surface area contributed by atoms with E-state index in [1.165, 1.54) is 11.8 Å². The minimum atomic E-state index is -0.344. The van der Waals surface area contributed by atoms with Crippen molar-refractivity contribution in [1.29, 1.82) is 0 Å². The van der Waals surface area contributed by atoms with Gasteiger partial charge in [0.05, 0.1) is 17.8 Å². The molecule has 0 bridgehead atoms. The molecular weight excluding hydrogens is 488 g/mol. The minimum absolute atomic E-state index is 0.0673. The Labute approximate surface area is 182 Å². The Bertz CT molecular complexity index is 890. The van der Waals surface area contributed by atoms with Crippen molar-refractivity contribution in [1.82, 2.24) is 5.43 Å². The molecule has 0 fully saturated rings. The van der Waals surface area contributed by atoms with Gasteiger partial charge in [-0.25, -0.2) is 5.43 Å². The maximum atomic E-state index is 12.0. The Balaban J connectivity index is 1.96. The summed E-state index contributed by atoms with van der Waals surface area (Å²) in [6.07, 6.45) is 1.52. The molecule has 0 aliphatic rings. The second-order valence-electron chi connectivity index (χ2n) is 7.32. The highest BCUT2D eigenvalue weighted by Gasteiger charge is 2.15. The summed E-state index contributed by atoms with van der Waals surface area (Å²) in [6.45, 7) is 8.33. The van der Waals surface area contributed by atoms with E-state index < -0.39 is 0 Å². The van der Waals surface area contributed by atoms with E-state index in [2.05, 4.69) is 69.2 Å². The molecular formula is C21H24Br2N2O3. The zero-order valence-electron chi connectivity index (χ0n) is 16.6. The van der Waals surface area contributed by atoms with E-state index in [0.29, 0.717) is 11.5 Å². The lowest BCUT2D eigenvalue weighted by Crippen LogP contribution is -2.24. The lowest BCUT2D eigenvalue weighted by molar-refractivity contribution is -0.123. The van der Waals surface area contributed by atoms with Crippen molar-refractivity contribution in [3.63, 3.8) is 0 Å². The van der Waals surface area contributed by atoms with Crippen molar-refractivity contribution in [2.45, 2.75) is 33.1 Å². The third-order valence-corrected chi connectivity index (χ3v) is 5.08. The van der Waals surface area contributed by atoms with Crippen molar-refractivity contribution in [3.8, 4) is 11.5 Å². The van der Waals surface area contributed by atoms with Gasteiger partial charge in [-0.05, 0) is 57.6 Å². The van der Waals surface area contributed by atoms with E-state index in [9.17, 15) is 4.79 Å². The fraction of sp³-hybridized carbons (Fsp3) is 0.333. The molecule has 0 aliphatic heterocycles. The lowest BCUT2D eigenvalue weighted by atomic mass is 9.86. The highest BCUT2D eigenvalue weighted by molar-refractivity contribution is 9.11. The Morgan fingerprint density at radius 1 is 1.21 bits per heavy atom. The van der Waals surface area contributed by atoms with E-state index in [-0.39, 0.29) is 17.9 Å². The Morgan fingerprint density at radius 2 is 1.93 bits per heavy atom. The number of carbonyl (C=O) groups is 1. The fourth-order valence-electron chi connectivity index (χ4n) is 2.52. The van der Waals surface area contributed by atoms with Crippen LogP contribution in [-0.2, 0) is 10.2 Å². The number of nitrogens with zero attached hydrogens (tertiary/aromatic N) is 1. The molecule has 0 radical (unpaired) electrons. The third-order valence-electron chi connectivity index (χ3n) is 4.03. The summed E-state index contributed by atoms with van der Waals surface area (Å²) in [5, 5.41) is 3.99. The van der Waals surface area contributed by atoms with E-state index in [4.69, 9.17) is 9.47 Å². The second kappa shape index (κ2) is 9.56. The Kier molecular flexibility index (Phi) is 7.66. The third kappa shape index (κ3) is 6.07. The van der Waals surface area contributed by atoms with Crippen molar-refractivity contribution < 1.29 is 14.3 Å². The molecule has 7 heteroatoms. The normalized spacial score (nSPS) is 11.5. The number of rotatable bonds is 6. The maximum absolute atomic E-state index is 12.0. The quantitative estimate of drug-likeness (QED) is 0.419. The van der Waals surface area contributed by atoms with E-state index in [0.717, 1.165) is 20.1 Å². The first kappa shape index (κ1) is 22.4. The van der Waals surface area contributed by atoms with Gasteiger partial charge in [0, 0.05) is 10.0 Å². The van der Waals surface area contributed by atoms with Gasteiger partial charge in [0.25, 0.3) is 5.91 Å². The maximum Gasteiger partial charge on any atom is 0.277 e. The van der Waals surface area contributed by atoms with Crippen LogP contribution < -0.4 is 14.9 Å². The number of ether oxygens (including phenoxy) is 2. The topological polar surface area (TPSA) is 59.9 Å². The Hall–Kier alpha value is -1.86. The number of methoxy groups -OCH3 is 1. The molecule has 0 unspecified atom stereocenters. The molecule has 0 spiro atoms. The molecule has 0 atom stereocenters. The summed E-state index contributed by atoms with van der Waals surface area (Å²) in [5.74, 6) is 0.973. The van der Waals surface area contributed by atoms with Gasteiger partial charge in [-0.15, -0.1) is 0 Å². The molecule has 2 aromatic rings. The first-order valence-corrected chi connectivity index (χ1v) is 10.3. The number of hydrogen-bond donors (Lipinski definition) is 1. The number of hydrogen-bond acceptors (Lipinski definition) is 4. The zero-order valence-corrected chi connectivity index (χ0v) is 19.8. The lowest BCUT2D eigenvalue weighted by Gasteiger charge is -2.20. The fourth-order valence-corrected chi connectivity index (χ4v) is 3.94. The molecule has 5 nitrogen and oxygen atoms in total. The van der Waals surface area contributed by atoms with Crippen LogP contribution in [0.25, 0.3) is 0 Å². The summed E-state index contributed by atoms with van der Waals surface area (Å²) >= 11 is 6.85. The number of halogens is 2. The van der Waals surface area contributed by atoms with Crippen LogP contribution in [0.4, 0.5) is 0 Å². The average Bonchev–Trinajstić information content (AvgIpc) is 2.59. The van der Waals surface area contributed by atoms with Crippen molar-refractivity contribution >= 4 is 44.0 Å².